The maximum Gasteiger partial charge on any atom is 0.309 e. The molecule has 0 fully saturated rings. The molecule has 0 saturated carbocycles. The van der Waals surface area contributed by atoms with E-state index in [0.717, 1.165) is 5.56 Å². The van der Waals surface area contributed by atoms with Crippen LogP contribution in [0.4, 0.5) is 4.39 Å². The van der Waals surface area contributed by atoms with Gasteiger partial charge in [0, 0.05) is 18.1 Å². The zero-order valence-corrected chi connectivity index (χ0v) is 13.1. The monoisotopic (exact) mass is 334 g/mol. The van der Waals surface area contributed by atoms with Crippen LogP contribution in [0, 0.1) is 5.82 Å². The molecule has 2 aromatic rings. The molecule has 0 aliphatic carbocycles. The van der Waals surface area contributed by atoms with Gasteiger partial charge in [0.1, 0.15) is 5.82 Å². The van der Waals surface area contributed by atoms with Crippen LogP contribution in [0.5, 0.6) is 0 Å². The van der Waals surface area contributed by atoms with Gasteiger partial charge in [-0.2, -0.15) is 0 Å². The summed E-state index contributed by atoms with van der Waals surface area (Å²) in [6, 6.07) is 13.4. The summed E-state index contributed by atoms with van der Waals surface area (Å²) in [5.74, 6) is -1.84. The summed E-state index contributed by atoms with van der Waals surface area (Å²) in [6.45, 7) is 0.346. The number of nitrogens with one attached hydrogen (secondary N) is 2. The van der Waals surface area contributed by atoms with Crippen LogP contribution in [-0.2, 0) is 22.6 Å². The molecular formula is C17H16ClFN2O2. The Bertz CT molecular complexity index is 706. The van der Waals surface area contributed by atoms with Crippen molar-refractivity contribution in [3.05, 3.63) is 70.5 Å². The molecule has 6 heteroatoms. The lowest BCUT2D eigenvalue weighted by Crippen LogP contribution is -2.40. The Morgan fingerprint density at radius 3 is 2.22 bits per heavy atom. The number of halogens is 2. The number of carbonyl (C=O) groups is 2. The van der Waals surface area contributed by atoms with Crippen LogP contribution in [0.25, 0.3) is 0 Å². The Labute approximate surface area is 138 Å². The van der Waals surface area contributed by atoms with Crippen LogP contribution >= 0.6 is 11.6 Å². The lowest BCUT2D eigenvalue weighted by atomic mass is 10.1. The average Bonchev–Trinajstić information content (AvgIpc) is 2.55. The number of amides is 2. The molecule has 2 rings (SSSR count). The third-order valence-corrected chi connectivity index (χ3v) is 3.61. The molecule has 0 radical (unpaired) electrons. The maximum absolute atomic E-state index is 13.4. The summed E-state index contributed by atoms with van der Waals surface area (Å²) in [5.41, 5.74) is 1.21. The quantitative estimate of drug-likeness (QED) is 0.825. The molecule has 0 atom stereocenters. The predicted molar refractivity (Wildman–Crippen MR) is 86.4 cm³/mol. The van der Waals surface area contributed by atoms with Crippen molar-refractivity contribution in [1.29, 1.82) is 0 Å². The number of benzene rings is 2. The zero-order valence-electron chi connectivity index (χ0n) is 12.3. The van der Waals surface area contributed by atoms with Crippen LogP contribution in [0.2, 0.25) is 5.02 Å². The number of hydrogen-bond acceptors (Lipinski definition) is 2. The fraction of sp³-hybridized carbons (Fsp3) is 0.176. The summed E-state index contributed by atoms with van der Waals surface area (Å²) < 4.78 is 13.4. The molecule has 2 N–H and O–H groups in total. The second kappa shape index (κ2) is 8.29. The highest BCUT2D eigenvalue weighted by Crippen LogP contribution is 2.14. The molecular weight excluding hydrogens is 319 g/mol. The minimum absolute atomic E-state index is 0.166. The molecule has 2 amide bonds. The van der Waals surface area contributed by atoms with Crippen molar-refractivity contribution in [1.82, 2.24) is 10.6 Å². The van der Waals surface area contributed by atoms with Crippen LogP contribution in [0.3, 0.4) is 0 Å². The molecule has 0 saturated heterocycles. The Morgan fingerprint density at radius 1 is 0.913 bits per heavy atom. The molecule has 0 aromatic heterocycles. The van der Waals surface area contributed by atoms with E-state index in [4.69, 9.17) is 11.6 Å². The Kier molecular flexibility index (Phi) is 6.11. The summed E-state index contributed by atoms with van der Waals surface area (Å²) in [4.78, 5) is 23.4. The van der Waals surface area contributed by atoms with Gasteiger partial charge in [0.2, 0.25) is 0 Å². The van der Waals surface area contributed by atoms with Gasteiger partial charge in [0.15, 0.2) is 0 Å². The van der Waals surface area contributed by atoms with Crippen molar-refractivity contribution in [3.8, 4) is 0 Å². The Morgan fingerprint density at radius 2 is 1.52 bits per heavy atom. The molecule has 0 aliphatic heterocycles. The van der Waals surface area contributed by atoms with Crippen LogP contribution < -0.4 is 10.6 Å². The minimum atomic E-state index is -0.756. The van der Waals surface area contributed by atoms with Gasteiger partial charge in [-0.25, -0.2) is 4.39 Å². The molecule has 0 unspecified atom stereocenters. The van der Waals surface area contributed by atoms with Gasteiger partial charge in [-0.15, -0.1) is 0 Å². The molecule has 0 bridgehead atoms. The van der Waals surface area contributed by atoms with Gasteiger partial charge in [-0.3, -0.25) is 9.59 Å². The standard InChI is InChI=1S/C17H16ClFN2O2/c18-14-7-3-1-6-13(14)11-21-17(23)16(22)20-10-9-12-5-2-4-8-15(12)19/h1-8H,9-11H2,(H,20,22)(H,21,23). The first-order valence-corrected chi connectivity index (χ1v) is 7.48. The minimum Gasteiger partial charge on any atom is -0.348 e. The molecule has 120 valence electrons. The van der Waals surface area contributed by atoms with Crippen molar-refractivity contribution >= 4 is 23.4 Å². The van der Waals surface area contributed by atoms with Crippen LogP contribution in [0.15, 0.2) is 48.5 Å². The van der Waals surface area contributed by atoms with Crippen molar-refractivity contribution in [2.24, 2.45) is 0 Å². The summed E-state index contributed by atoms with van der Waals surface area (Å²) in [7, 11) is 0. The molecule has 23 heavy (non-hydrogen) atoms. The Balaban J connectivity index is 1.76. The smallest absolute Gasteiger partial charge is 0.309 e. The Hall–Kier alpha value is -2.40. The van der Waals surface area contributed by atoms with E-state index in [2.05, 4.69) is 10.6 Å². The van der Waals surface area contributed by atoms with Gasteiger partial charge in [-0.05, 0) is 29.7 Å². The second-order valence-electron chi connectivity index (χ2n) is 4.87. The third-order valence-electron chi connectivity index (χ3n) is 3.24. The molecule has 0 heterocycles. The van der Waals surface area contributed by atoms with E-state index < -0.39 is 11.8 Å². The second-order valence-corrected chi connectivity index (χ2v) is 5.28. The van der Waals surface area contributed by atoms with Crippen LogP contribution in [-0.4, -0.2) is 18.4 Å². The first kappa shape index (κ1) is 17.0. The fourth-order valence-corrected chi connectivity index (χ4v) is 2.19. The largest absolute Gasteiger partial charge is 0.348 e. The summed E-state index contributed by atoms with van der Waals surface area (Å²) >= 11 is 5.97. The molecule has 0 aliphatic rings. The van der Waals surface area contributed by atoms with E-state index in [1.54, 1.807) is 42.5 Å². The lowest BCUT2D eigenvalue weighted by Gasteiger charge is -2.08. The van der Waals surface area contributed by atoms with Crippen LogP contribution in [0.1, 0.15) is 11.1 Å². The average molecular weight is 335 g/mol. The zero-order chi connectivity index (χ0) is 16.7. The van der Waals surface area contributed by atoms with Crippen molar-refractivity contribution in [2.75, 3.05) is 6.54 Å². The highest BCUT2D eigenvalue weighted by Gasteiger charge is 2.13. The fourth-order valence-electron chi connectivity index (χ4n) is 1.99. The van der Waals surface area contributed by atoms with E-state index >= 15 is 0 Å². The third kappa shape index (κ3) is 5.07. The van der Waals surface area contributed by atoms with E-state index in [1.165, 1.54) is 6.07 Å². The predicted octanol–water partition coefficient (Wildman–Crippen LogP) is 2.45. The van der Waals surface area contributed by atoms with E-state index in [1.807, 2.05) is 0 Å². The number of hydrogen-bond donors (Lipinski definition) is 2. The lowest BCUT2D eigenvalue weighted by molar-refractivity contribution is -0.139. The topological polar surface area (TPSA) is 58.2 Å². The van der Waals surface area contributed by atoms with Gasteiger partial charge >= 0.3 is 11.8 Å². The van der Waals surface area contributed by atoms with Gasteiger partial charge in [0.05, 0.1) is 0 Å². The van der Waals surface area contributed by atoms with Gasteiger partial charge in [0.25, 0.3) is 0 Å². The molecule has 0 spiro atoms. The highest BCUT2D eigenvalue weighted by atomic mass is 35.5. The van der Waals surface area contributed by atoms with Crippen molar-refractivity contribution in [2.45, 2.75) is 13.0 Å². The first-order valence-electron chi connectivity index (χ1n) is 7.11. The summed E-state index contributed by atoms with van der Waals surface area (Å²) in [6.07, 6.45) is 0.316. The first-order chi connectivity index (χ1) is 11.1. The maximum atomic E-state index is 13.4. The summed E-state index contributed by atoms with van der Waals surface area (Å²) in [5, 5.41) is 5.47. The molecule has 2 aromatic carbocycles. The van der Waals surface area contributed by atoms with Gasteiger partial charge < -0.3 is 10.6 Å². The van der Waals surface area contributed by atoms with E-state index in [0.29, 0.717) is 17.0 Å². The molecule has 4 nitrogen and oxygen atoms in total. The van der Waals surface area contributed by atoms with Crippen molar-refractivity contribution in [3.63, 3.8) is 0 Å². The number of rotatable bonds is 5. The van der Waals surface area contributed by atoms with E-state index in [9.17, 15) is 14.0 Å². The normalized spacial score (nSPS) is 10.2. The van der Waals surface area contributed by atoms with Crippen molar-refractivity contribution < 1.29 is 14.0 Å². The van der Waals surface area contributed by atoms with Gasteiger partial charge in [-0.1, -0.05) is 48.0 Å². The van der Waals surface area contributed by atoms with E-state index in [-0.39, 0.29) is 18.9 Å². The highest BCUT2D eigenvalue weighted by molar-refractivity contribution is 6.35. The SMILES string of the molecule is O=C(NCCc1ccccc1F)C(=O)NCc1ccccc1Cl. The number of carbonyl (C=O) groups excluding carboxylic acids is 2.